The predicted octanol–water partition coefficient (Wildman–Crippen LogP) is 1.73. The molecule has 0 saturated carbocycles. The maximum Gasteiger partial charge on any atom is 0.317 e. The summed E-state index contributed by atoms with van der Waals surface area (Å²) in [5.41, 5.74) is 2.34. The first-order valence-electron chi connectivity index (χ1n) is 6.23. The molecule has 2 aliphatic rings. The molecule has 0 fully saturated rings. The van der Waals surface area contributed by atoms with Crippen LogP contribution in [-0.4, -0.2) is 34.6 Å². The van der Waals surface area contributed by atoms with E-state index < -0.39 is 17.9 Å². The summed E-state index contributed by atoms with van der Waals surface area (Å²) in [5.74, 6) is -4.12. The van der Waals surface area contributed by atoms with Gasteiger partial charge in [-0.05, 0) is 6.42 Å². The van der Waals surface area contributed by atoms with Crippen LogP contribution in [0.1, 0.15) is 12.8 Å². The summed E-state index contributed by atoms with van der Waals surface area (Å²) in [7, 11) is 0. The van der Waals surface area contributed by atoms with E-state index in [2.05, 4.69) is 22.4 Å². The zero-order chi connectivity index (χ0) is 15.2. The Hall–Kier alpha value is -2.94. The molecule has 0 radical (unpaired) electrons. The molecule has 0 aromatic rings. The van der Waals surface area contributed by atoms with Crippen molar-refractivity contribution in [2.45, 2.75) is 12.8 Å². The Morgan fingerprint density at radius 2 is 1.86 bits per heavy atom. The van der Waals surface area contributed by atoms with Gasteiger partial charge in [-0.1, -0.05) is 9.98 Å². The summed E-state index contributed by atoms with van der Waals surface area (Å²) in [6.45, 7) is 0. The van der Waals surface area contributed by atoms with Gasteiger partial charge in [-0.15, -0.1) is 0 Å². The second-order valence-electron chi connectivity index (χ2n) is 4.39. The van der Waals surface area contributed by atoms with Crippen LogP contribution in [-0.2, 0) is 9.59 Å². The molecule has 21 heavy (non-hydrogen) atoms. The number of carbonyl (C=O) groups is 2. The first kappa shape index (κ1) is 14.5. The normalized spacial score (nSPS) is 15.8. The second-order valence-corrected chi connectivity index (χ2v) is 4.39. The van der Waals surface area contributed by atoms with E-state index in [0.29, 0.717) is 5.57 Å². The van der Waals surface area contributed by atoms with E-state index in [1.165, 1.54) is 0 Å². The van der Waals surface area contributed by atoms with Crippen LogP contribution in [0.2, 0.25) is 0 Å². The minimum absolute atomic E-state index is 0.0192. The molecule has 0 amide bonds. The van der Waals surface area contributed by atoms with Crippen molar-refractivity contribution in [3.8, 4) is 0 Å². The number of allylic oxidation sites excluding steroid dienone is 6. The van der Waals surface area contributed by atoms with Crippen molar-refractivity contribution in [2.24, 2.45) is 15.9 Å². The first-order chi connectivity index (χ1) is 10.1. The number of hydrogen-bond donors (Lipinski definition) is 2. The summed E-state index contributed by atoms with van der Waals surface area (Å²) >= 11 is 0. The van der Waals surface area contributed by atoms with Crippen molar-refractivity contribution >= 4 is 24.4 Å². The lowest BCUT2D eigenvalue weighted by Crippen LogP contribution is -2.23. The molecule has 0 bridgehead atoms. The highest BCUT2D eigenvalue weighted by Crippen LogP contribution is 2.25. The van der Waals surface area contributed by atoms with Crippen LogP contribution in [0.4, 0.5) is 0 Å². The molecule has 104 valence electrons. The van der Waals surface area contributed by atoms with Crippen LogP contribution in [0.15, 0.2) is 57.3 Å². The van der Waals surface area contributed by atoms with E-state index in [1.807, 2.05) is 0 Å². The van der Waals surface area contributed by atoms with Gasteiger partial charge in [0.2, 0.25) is 0 Å². The van der Waals surface area contributed by atoms with Gasteiger partial charge in [-0.2, -0.15) is 0 Å². The van der Waals surface area contributed by atoms with Gasteiger partial charge in [0, 0.05) is 6.42 Å². The molecular weight excluding hydrogens is 272 g/mol. The van der Waals surface area contributed by atoms with Crippen LogP contribution in [0.25, 0.3) is 0 Å². The van der Waals surface area contributed by atoms with E-state index >= 15 is 0 Å². The van der Waals surface area contributed by atoms with Crippen molar-refractivity contribution in [3.05, 3.63) is 47.3 Å². The number of aliphatic imine (C=N–C) groups is 2. The molecule has 0 unspecified atom stereocenters. The summed E-state index contributed by atoms with van der Waals surface area (Å²) in [6.07, 6.45) is 14.2. The highest BCUT2D eigenvalue weighted by molar-refractivity contribution is 5.93. The Bertz CT molecular complexity index is 622. The zero-order valence-corrected chi connectivity index (χ0v) is 11.0. The molecule has 6 heteroatoms. The van der Waals surface area contributed by atoms with Gasteiger partial charge in [-0.3, -0.25) is 9.59 Å². The topological polar surface area (TPSA) is 99.3 Å². The van der Waals surface area contributed by atoms with Crippen LogP contribution < -0.4 is 0 Å². The van der Waals surface area contributed by atoms with Gasteiger partial charge in [0.1, 0.15) is 18.5 Å². The minimum Gasteiger partial charge on any atom is -0.481 e. The third-order valence-corrected chi connectivity index (χ3v) is 3.05. The average Bonchev–Trinajstić information content (AvgIpc) is 2.48. The number of carboxylic acids is 2. The summed E-state index contributed by atoms with van der Waals surface area (Å²) in [6, 6.07) is 0. The molecule has 0 aromatic heterocycles. The van der Waals surface area contributed by atoms with E-state index in [-0.39, 0.29) is 12.8 Å². The first-order valence-corrected chi connectivity index (χ1v) is 6.23. The third-order valence-electron chi connectivity index (χ3n) is 3.05. The van der Waals surface area contributed by atoms with Gasteiger partial charge in [0.15, 0.2) is 35.1 Å². The van der Waals surface area contributed by atoms with Gasteiger partial charge >= 0.3 is 11.9 Å². The lowest BCUT2D eigenvalue weighted by molar-refractivity contribution is -0.154. The number of hydrogen-bond acceptors (Lipinski definition) is 4. The number of carboxylic acid groups (broad SMARTS) is 2. The van der Waals surface area contributed by atoms with Gasteiger partial charge in [0.05, 0.1) is 12.2 Å². The van der Waals surface area contributed by atoms with Crippen molar-refractivity contribution in [1.29, 1.82) is 0 Å². The maximum absolute atomic E-state index is 10.9. The predicted molar refractivity (Wildman–Crippen MR) is 76.3 cm³/mol. The molecular formula is C15H12N2O4+2. The van der Waals surface area contributed by atoms with Crippen molar-refractivity contribution < 1.29 is 19.8 Å². The third kappa shape index (κ3) is 3.54. The van der Waals surface area contributed by atoms with Crippen molar-refractivity contribution in [3.63, 3.8) is 0 Å². The summed E-state index contributed by atoms with van der Waals surface area (Å²) < 4.78 is 0. The molecule has 2 heterocycles. The molecule has 2 N–H and O–H groups in total. The number of nitrogens with zero attached hydrogens (tertiary/aromatic N) is 2. The fourth-order valence-corrected chi connectivity index (χ4v) is 1.97. The zero-order valence-electron chi connectivity index (χ0n) is 11.0. The smallest absolute Gasteiger partial charge is 0.317 e. The van der Waals surface area contributed by atoms with Crippen LogP contribution in [0.3, 0.4) is 0 Å². The Morgan fingerprint density at radius 3 is 2.48 bits per heavy atom. The van der Waals surface area contributed by atoms with Crippen molar-refractivity contribution in [1.82, 2.24) is 0 Å². The van der Waals surface area contributed by atoms with E-state index in [4.69, 9.17) is 10.2 Å². The molecule has 0 saturated heterocycles. The Labute approximate surface area is 121 Å². The van der Waals surface area contributed by atoms with Crippen LogP contribution in [0, 0.1) is 5.92 Å². The molecule has 0 spiro atoms. The molecule has 0 aromatic carbocycles. The fourth-order valence-electron chi connectivity index (χ4n) is 1.97. The highest BCUT2D eigenvalue weighted by Gasteiger charge is 2.29. The van der Waals surface area contributed by atoms with Gasteiger partial charge in [0.25, 0.3) is 0 Å². The van der Waals surface area contributed by atoms with E-state index in [9.17, 15) is 9.59 Å². The fraction of sp³-hybridized carbons (Fsp3) is 0.200. The highest BCUT2D eigenvalue weighted by atomic mass is 16.4. The second kappa shape index (κ2) is 6.48. The maximum atomic E-state index is 10.9. The van der Waals surface area contributed by atoms with E-state index in [1.54, 1.807) is 30.6 Å². The van der Waals surface area contributed by atoms with Crippen LogP contribution in [0.5, 0.6) is 0 Å². The van der Waals surface area contributed by atoms with Gasteiger partial charge < -0.3 is 10.2 Å². The number of rotatable bonds is 6. The average molecular weight is 284 g/mol. The SMILES string of the molecule is O=C(O)C(CCC1=C(C2=C[C+]=NC=C2)C=CN=[C+]1)C(=O)O. The standard InChI is InChI=1S/C15H10N2O4/c18-14(19)13(15(20)21)2-1-11-9-17-8-5-12(11)10-3-6-16-7-4-10/h3-6,8,13H,1-2H2/p+2. The monoisotopic (exact) mass is 284 g/mol. The largest absolute Gasteiger partial charge is 0.481 e. The summed E-state index contributed by atoms with van der Waals surface area (Å²) in [5, 5.41) is 17.8. The molecule has 0 aliphatic carbocycles. The minimum atomic E-state index is -1.43. The quantitative estimate of drug-likeness (QED) is 0.573. The molecule has 0 atom stereocenters. The van der Waals surface area contributed by atoms with Crippen molar-refractivity contribution in [2.75, 3.05) is 0 Å². The summed E-state index contributed by atoms with van der Waals surface area (Å²) in [4.78, 5) is 29.5. The number of aliphatic carboxylic acids is 2. The molecule has 6 nitrogen and oxygen atoms in total. The lowest BCUT2D eigenvalue weighted by Gasteiger charge is -2.06. The van der Waals surface area contributed by atoms with Crippen LogP contribution >= 0.6 is 0 Å². The van der Waals surface area contributed by atoms with Gasteiger partial charge in [-0.25, -0.2) is 0 Å². The molecule has 2 rings (SSSR count). The molecule has 2 aliphatic heterocycles. The Morgan fingerprint density at radius 1 is 1.14 bits per heavy atom. The lowest BCUT2D eigenvalue weighted by atomic mass is 9.92. The Balaban J connectivity index is 2.19. The van der Waals surface area contributed by atoms with E-state index in [0.717, 1.165) is 11.1 Å². The Kier molecular flexibility index (Phi) is 4.46.